The molecule has 0 bridgehead atoms. The minimum atomic E-state index is -0.892. The third kappa shape index (κ3) is 4.47. The van der Waals surface area contributed by atoms with Crippen LogP contribution in [-0.2, 0) is 17.3 Å². The van der Waals surface area contributed by atoms with Crippen LogP contribution in [0.15, 0.2) is 22.7 Å². The van der Waals surface area contributed by atoms with E-state index in [2.05, 4.69) is 21.2 Å². The summed E-state index contributed by atoms with van der Waals surface area (Å²) >= 11 is 3.29. The Morgan fingerprint density at radius 3 is 2.78 bits per heavy atom. The summed E-state index contributed by atoms with van der Waals surface area (Å²) in [4.78, 5) is 10.5. The normalized spacial score (nSPS) is 14.2. The van der Waals surface area contributed by atoms with E-state index in [1.807, 2.05) is 6.92 Å². The maximum Gasteiger partial charge on any atom is 0.273 e. The summed E-state index contributed by atoms with van der Waals surface area (Å²) in [5.41, 5.74) is 0.708. The van der Waals surface area contributed by atoms with Crippen LogP contribution in [0.4, 0.5) is 5.69 Å². The standard InChI is InChI=1S/C11H15BrN2O3S/c1-8(18(2)17)6-13-7-9-5-10(12)3-4-11(9)14(15)16/h3-5,8,13H,6-7H2,1-2H3. The van der Waals surface area contributed by atoms with Gasteiger partial charge in [-0.3, -0.25) is 14.3 Å². The maximum atomic E-state index is 11.2. The molecule has 0 radical (unpaired) electrons. The van der Waals surface area contributed by atoms with Crippen LogP contribution in [0.3, 0.4) is 0 Å². The van der Waals surface area contributed by atoms with Gasteiger partial charge in [0, 0.05) is 51.5 Å². The van der Waals surface area contributed by atoms with E-state index in [0.717, 1.165) is 4.47 Å². The average molecular weight is 335 g/mol. The Balaban J connectivity index is 2.69. The van der Waals surface area contributed by atoms with Crippen molar-refractivity contribution in [2.75, 3.05) is 12.8 Å². The van der Waals surface area contributed by atoms with E-state index in [4.69, 9.17) is 0 Å². The van der Waals surface area contributed by atoms with Gasteiger partial charge >= 0.3 is 0 Å². The van der Waals surface area contributed by atoms with Crippen molar-refractivity contribution in [3.8, 4) is 0 Å². The van der Waals surface area contributed by atoms with Gasteiger partial charge in [-0.2, -0.15) is 0 Å². The Labute approximate surface area is 117 Å². The monoisotopic (exact) mass is 334 g/mol. The fourth-order valence-electron chi connectivity index (χ4n) is 1.40. The number of hydrogen-bond acceptors (Lipinski definition) is 4. The van der Waals surface area contributed by atoms with Crippen LogP contribution in [0.1, 0.15) is 12.5 Å². The number of benzene rings is 1. The highest BCUT2D eigenvalue weighted by atomic mass is 79.9. The Kier molecular flexibility index (Phi) is 5.90. The molecule has 0 aliphatic heterocycles. The second-order valence-corrected chi connectivity index (χ2v) is 6.69. The first-order valence-corrected chi connectivity index (χ1v) is 7.79. The lowest BCUT2D eigenvalue weighted by Gasteiger charge is -2.10. The Morgan fingerprint density at radius 1 is 1.56 bits per heavy atom. The van der Waals surface area contributed by atoms with Crippen molar-refractivity contribution in [3.05, 3.63) is 38.3 Å². The van der Waals surface area contributed by atoms with E-state index in [1.54, 1.807) is 18.4 Å². The Morgan fingerprint density at radius 2 is 2.22 bits per heavy atom. The summed E-state index contributed by atoms with van der Waals surface area (Å²) in [6, 6.07) is 4.84. The molecule has 1 aromatic carbocycles. The lowest BCUT2D eigenvalue weighted by Crippen LogP contribution is -2.27. The molecule has 1 N–H and O–H groups in total. The first kappa shape index (κ1) is 15.3. The van der Waals surface area contributed by atoms with Crippen LogP contribution in [0.2, 0.25) is 0 Å². The van der Waals surface area contributed by atoms with Crippen LogP contribution < -0.4 is 5.32 Å². The van der Waals surface area contributed by atoms with Gasteiger partial charge in [0.05, 0.1) is 4.92 Å². The summed E-state index contributed by atoms with van der Waals surface area (Å²) in [6.45, 7) is 2.82. The summed E-state index contributed by atoms with van der Waals surface area (Å²) < 4.78 is 12.0. The van der Waals surface area contributed by atoms with Crippen molar-refractivity contribution >= 4 is 32.4 Å². The van der Waals surface area contributed by atoms with Crippen LogP contribution in [0.5, 0.6) is 0 Å². The van der Waals surface area contributed by atoms with E-state index < -0.39 is 15.7 Å². The van der Waals surface area contributed by atoms with Crippen molar-refractivity contribution in [2.24, 2.45) is 0 Å². The van der Waals surface area contributed by atoms with Crippen LogP contribution >= 0.6 is 15.9 Å². The summed E-state index contributed by atoms with van der Waals surface area (Å²) in [7, 11) is -0.892. The summed E-state index contributed by atoms with van der Waals surface area (Å²) in [6.07, 6.45) is 1.65. The number of nitrogens with zero attached hydrogens (tertiary/aromatic N) is 1. The number of halogens is 1. The topological polar surface area (TPSA) is 72.2 Å². The molecular formula is C11H15BrN2O3S. The predicted molar refractivity (Wildman–Crippen MR) is 76.0 cm³/mol. The zero-order valence-corrected chi connectivity index (χ0v) is 12.6. The average Bonchev–Trinajstić information content (AvgIpc) is 2.28. The fourth-order valence-corrected chi connectivity index (χ4v) is 2.16. The molecule has 5 nitrogen and oxygen atoms in total. The van der Waals surface area contributed by atoms with Crippen LogP contribution in [0, 0.1) is 10.1 Å². The smallest absolute Gasteiger partial charge is 0.273 e. The number of nitrogens with one attached hydrogen (secondary N) is 1. The first-order chi connectivity index (χ1) is 8.41. The molecule has 0 aliphatic rings. The molecule has 18 heavy (non-hydrogen) atoms. The third-order valence-electron chi connectivity index (χ3n) is 2.55. The molecular weight excluding hydrogens is 320 g/mol. The van der Waals surface area contributed by atoms with E-state index in [-0.39, 0.29) is 10.9 Å². The maximum absolute atomic E-state index is 11.2. The largest absolute Gasteiger partial charge is 0.311 e. The molecule has 1 rings (SSSR count). The van der Waals surface area contributed by atoms with Crippen LogP contribution in [-0.4, -0.2) is 27.2 Å². The lowest BCUT2D eigenvalue weighted by molar-refractivity contribution is -0.385. The van der Waals surface area contributed by atoms with Crippen molar-refractivity contribution in [1.29, 1.82) is 0 Å². The zero-order valence-electron chi connectivity index (χ0n) is 10.2. The highest BCUT2D eigenvalue weighted by Gasteiger charge is 2.14. The SMILES string of the molecule is CC(CNCc1cc(Br)ccc1[N+](=O)[O-])S(C)=O. The quantitative estimate of drug-likeness (QED) is 0.639. The second kappa shape index (κ2) is 6.96. The van der Waals surface area contributed by atoms with E-state index in [9.17, 15) is 14.3 Å². The third-order valence-corrected chi connectivity index (χ3v) is 4.35. The Hall–Kier alpha value is -0.790. The van der Waals surface area contributed by atoms with Gasteiger partial charge in [-0.1, -0.05) is 15.9 Å². The van der Waals surface area contributed by atoms with Gasteiger partial charge < -0.3 is 5.32 Å². The highest BCUT2D eigenvalue weighted by molar-refractivity contribution is 9.10. The molecule has 0 spiro atoms. The molecule has 0 aliphatic carbocycles. The zero-order chi connectivity index (χ0) is 13.7. The van der Waals surface area contributed by atoms with Crippen molar-refractivity contribution in [2.45, 2.75) is 18.7 Å². The molecule has 0 saturated heterocycles. The van der Waals surface area contributed by atoms with Crippen molar-refractivity contribution in [1.82, 2.24) is 5.32 Å². The van der Waals surface area contributed by atoms with Crippen molar-refractivity contribution < 1.29 is 9.13 Å². The summed E-state index contributed by atoms with van der Waals surface area (Å²) in [5, 5.41) is 14.0. The molecule has 2 atom stereocenters. The van der Waals surface area contributed by atoms with E-state index in [0.29, 0.717) is 18.7 Å². The number of nitro groups is 1. The van der Waals surface area contributed by atoms with Gasteiger partial charge in [-0.25, -0.2) is 0 Å². The molecule has 0 fully saturated rings. The molecule has 100 valence electrons. The van der Waals surface area contributed by atoms with Gasteiger partial charge in [0.25, 0.3) is 5.69 Å². The van der Waals surface area contributed by atoms with E-state index in [1.165, 1.54) is 6.07 Å². The first-order valence-electron chi connectivity index (χ1n) is 5.37. The molecule has 0 heterocycles. The van der Waals surface area contributed by atoms with Crippen molar-refractivity contribution in [3.63, 3.8) is 0 Å². The van der Waals surface area contributed by atoms with Gasteiger partial charge in [0.1, 0.15) is 0 Å². The highest BCUT2D eigenvalue weighted by Crippen LogP contribution is 2.22. The van der Waals surface area contributed by atoms with E-state index >= 15 is 0 Å². The minimum Gasteiger partial charge on any atom is -0.311 e. The van der Waals surface area contributed by atoms with Crippen LogP contribution in [0.25, 0.3) is 0 Å². The predicted octanol–water partition coefficient (Wildman–Crippen LogP) is 2.21. The molecule has 0 saturated carbocycles. The summed E-state index contributed by atoms with van der Waals surface area (Å²) in [5.74, 6) is 0. The van der Waals surface area contributed by atoms with Gasteiger partial charge in [-0.05, 0) is 19.1 Å². The number of hydrogen-bond donors (Lipinski definition) is 1. The van der Waals surface area contributed by atoms with Gasteiger partial charge in [-0.15, -0.1) is 0 Å². The number of rotatable bonds is 6. The molecule has 2 unspecified atom stereocenters. The lowest BCUT2D eigenvalue weighted by atomic mass is 10.2. The fraction of sp³-hybridized carbons (Fsp3) is 0.455. The number of nitro benzene ring substituents is 1. The molecule has 1 aromatic rings. The molecule has 7 heteroatoms. The molecule has 0 amide bonds. The minimum absolute atomic E-state index is 0.0243. The van der Waals surface area contributed by atoms with Gasteiger partial charge in [0.2, 0.25) is 0 Å². The van der Waals surface area contributed by atoms with Gasteiger partial charge in [0.15, 0.2) is 0 Å². The second-order valence-electron chi connectivity index (χ2n) is 3.97. The Bertz CT molecular complexity index is 468. The molecule has 0 aromatic heterocycles.